The summed E-state index contributed by atoms with van der Waals surface area (Å²) in [5.74, 6) is 4.85. The highest BCUT2D eigenvalue weighted by Gasteiger charge is 2.31. The van der Waals surface area contributed by atoms with Crippen LogP contribution in [0.15, 0.2) is 59.7 Å². The molecule has 1 fully saturated rings. The van der Waals surface area contributed by atoms with Crippen molar-refractivity contribution in [2.24, 2.45) is 0 Å². The van der Waals surface area contributed by atoms with Gasteiger partial charge in [-0.15, -0.1) is 0 Å². The Labute approximate surface area is 212 Å². The van der Waals surface area contributed by atoms with Crippen molar-refractivity contribution in [1.82, 2.24) is 24.0 Å². The number of nitrogen functional groups attached to an aromatic ring is 1. The number of likely N-dealkylation sites (tertiary alicyclic amines) is 1. The van der Waals surface area contributed by atoms with Gasteiger partial charge < -0.3 is 16.0 Å². The average molecular weight is 496 g/mol. The van der Waals surface area contributed by atoms with Crippen LogP contribution in [0.3, 0.4) is 0 Å². The van der Waals surface area contributed by atoms with E-state index in [4.69, 9.17) is 5.73 Å². The van der Waals surface area contributed by atoms with Gasteiger partial charge in [0.15, 0.2) is 11.5 Å². The summed E-state index contributed by atoms with van der Waals surface area (Å²) in [7, 11) is 0. The lowest BCUT2D eigenvalue weighted by atomic mass is 10.1. The Morgan fingerprint density at radius 3 is 2.51 bits per heavy atom. The van der Waals surface area contributed by atoms with Gasteiger partial charge in [0.2, 0.25) is 0 Å². The van der Waals surface area contributed by atoms with Crippen LogP contribution in [0.1, 0.15) is 35.3 Å². The van der Waals surface area contributed by atoms with Crippen molar-refractivity contribution >= 4 is 34.5 Å². The second kappa shape index (κ2) is 9.62. The molecular formula is C27H25N7O3. The standard InChI is InChI=1S/C27H25N7O3/c1-3-4-22(35)32-14-13-21(15-32)34-25-23(24(28)29-16-30-25)33(27(34)37)20-11-9-19(10-12-20)31-26(36)18-7-5-17(2)6-8-18/h5-12,16,21H,13-15H2,1-2H3,(H,31,36)(H2,28,29,30). The summed E-state index contributed by atoms with van der Waals surface area (Å²) in [6.07, 6.45) is 1.91. The number of fused-ring (bicyclic) bond motifs is 1. The molecule has 0 aliphatic carbocycles. The first kappa shape index (κ1) is 23.8. The molecule has 4 aromatic rings. The number of carbonyl (C=O) groups is 2. The van der Waals surface area contributed by atoms with Crippen LogP contribution in [0, 0.1) is 18.8 Å². The molecule has 1 saturated heterocycles. The van der Waals surface area contributed by atoms with Gasteiger partial charge in [-0.3, -0.25) is 18.7 Å². The third-order valence-electron chi connectivity index (χ3n) is 6.43. The Kier molecular flexibility index (Phi) is 6.19. The maximum Gasteiger partial charge on any atom is 0.335 e. The Morgan fingerprint density at radius 1 is 1.08 bits per heavy atom. The molecule has 3 N–H and O–H groups in total. The summed E-state index contributed by atoms with van der Waals surface area (Å²) in [6.45, 7) is 4.41. The molecule has 1 aliphatic heterocycles. The lowest BCUT2D eigenvalue weighted by molar-refractivity contribution is -0.124. The number of carbonyl (C=O) groups excluding carboxylic acids is 2. The highest BCUT2D eigenvalue weighted by atomic mass is 16.2. The summed E-state index contributed by atoms with van der Waals surface area (Å²) >= 11 is 0. The molecular weight excluding hydrogens is 470 g/mol. The highest BCUT2D eigenvalue weighted by molar-refractivity contribution is 6.04. The summed E-state index contributed by atoms with van der Waals surface area (Å²) in [5, 5.41) is 2.87. The van der Waals surface area contributed by atoms with E-state index >= 15 is 0 Å². The molecule has 3 heterocycles. The number of imidazole rings is 1. The van der Waals surface area contributed by atoms with Gasteiger partial charge in [0.25, 0.3) is 11.8 Å². The number of amides is 2. The fourth-order valence-corrected chi connectivity index (χ4v) is 4.56. The van der Waals surface area contributed by atoms with Crippen LogP contribution in [-0.4, -0.2) is 48.9 Å². The Bertz CT molecular complexity index is 1620. The first-order chi connectivity index (χ1) is 17.9. The van der Waals surface area contributed by atoms with Gasteiger partial charge in [-0.05, 0) is 62.6 Å². The normalized spacial score (nSPS) is 14.9. The molecule has 1 aliphatic rings. The van der Waals surface area contributed by atoms with Gasteiger partial charge in [-0.2, -0.15) is 0 Å². The van der Waals surface area contributed by atoms with E-state index in [2.05, 4.69) is 27.1 Å². The van der Waals surface area contributed by atoms with Gasteiger partial charge in [-0.25, -0.2) is 14.8 Å². The molecule has 2 aromatic carbocycles. The molecule has 0 saturated carbocycles. The summed E-state index contributed by atoms with van der Waals surface area (Å²) < 4.78 is 3.04. The molecule has 37 heavy (non-hydrogen) atoms. The highest BCUT2D eigenvalue weighted by Crippen LogP contribution is 2.27. The largest absolute Gasteiger partial charge is 0.382 e. The number of rotatable bonds is 4. The van der Waals surface area contributed by atoms with E-state index in [9.17, 15) is 14.4 Å². The number of benzene rings is 2. The van der Waals surface area contributed by atoms with Crippen molar-refractivity contribution < 1.29 is 9.59 Å². The molecule has 0 radical (unpaired) electrons. The molecule has 1 atom stereocenters. The van der Waals surface area contributed by atoms with Crippen LogP contribution in [0.25, 0.3) is 16.9 Å². The molecule has 0 bridgehead atoms. The SMILES string of the molecule is CC#CC(=O)N1CCC(n2c(=O)n(-c3ccc(NC(=O)c4ccc(C)cc4)cc3)c3c(N)ncnc32)C1. The average Bonchev–Trinajstić information content (AvgIpc) is 3.48. The van der Waals surface area contributed by atoms with Crippen LogP contribution in [-0.2, 0) is 4.79 Å². The number of hydrogen-bond acceptors (Lipinski definition) is 6. The van der Waals surface area contributed by atoms with Crippen LogP contribution >= 0.6 is 0 Å². The quantitative estimate of drug-likeness (QED) is 0.419. The molecule has 10 nitrogen and oxygen atoms in total. The zero-order valence-corrected chi connectivity index (χ0v) is 20.4. The van der Waals surface area contributed by atoms with E-state index < -0.39 is 0 Å². The Hall–Kier alpha value is -4.91. The fraction of sp³-hybridized carbons (Fsp3) is 0.222. The minimum Gasteiger partial charge on any atom is -0.382 e. The van der Waals surface area contributed by atoms with Crippen LogP contribution in [0.4, 0.5) is 11.5 Å². The number of hydrogen-bond donors (Lipinski definition) is 2. The summed E-state index contributed by atoms with van der Waals surface area (Å²) in [4.78, 5) is 48.6. The second-order valence-corrected chi connectivity index (χ2v) is 8.85. The van der Waals surface area contributed by atoms with Gasteiger partial charge in [-0.1, -0.05) is 23.6 Å². The van der Waals surface area contributed by atoms with Gasteiger partial charge in [0.05, 0.1) is 11.7 Å². The smallest absolute Gasteiger partial charge is 0.335 e. The lowest BCUT2D eigenvalue weighted by Crippen LogP contribution is -2.31. The fourth-order valence-electron chi connectivity index (χ4n) is 4.56. The first-order valence-electron chi connectivity index (χ1n) is 11.8. The molecule has 0 spiro atoms. The molecule has 5 rings (SSSR count). The molecule has 1 unspecified atom stereocenters. The Morgan fingerprint density at radius 2 is 1.81 bits per heavy atom. The van der Waals surface area contributed by atoms with Gasteiger partial charge >= 0.3 is 5.69 Å². The van der Waals surface area contributed by atoms with Crippen LogP contribution < -0.4 is 16.7 Å². The maximum absolute atomic E-state index is 13.7. The van der Waals surface area contributed by atoms with Crippen molar-refractivity contribution in [2.45, 2.75) is 26.3 Å². The maximum atomic E-state index is 13.7. The van der Waals surface area contributed by atoms with Crippen molar-refractivity contribution in [1.29, 1.82) is 0 Å². The predicted molar refractivity (Wildman–Crippen MR) is 140 cm³/mol. The third-order valence-corrected chi connectivity index (χ3v) is 6.43. The Balaban J connectivity index is 1.48. The third kappa shape index (κ3) is 4.43. The summed E-state index contributed by atoms with van der Waals surface area (Å²) in [6, 6.07) is 13.9. The summed E-state index contributed by atoms with van der Waals surface area (Å²) in [5.41, 5.74) is 9.40. The molecule has 2 aromatic heterocycles. The van der Waals surface area contributed by atoms with E-state index in [-0.39, 0.29) is 29.4 Å². The van der Waals surface area contributed by atoms with Crippen molar-refractivity contribution in [3.8, 4) is 17.5 Å². The van der Waals surface area contributed by atoms with E-state index in [0.717, 1.165) is 5.56 Å². The number of nitrogens with one attached hydrogen (secondary N) is 1. The van der Waals surface area contributed by atoms with Crippen LogP contribution in [0.2, 0.25) is 0 Å². The monoisotopic (exact) mass is 495 g/mol. The van der Waals surface area contributed by atoms with Crippen molar-refractivity contribution in [2.75, 3.05) is 24.1 Å². The number of nitrogens with two attached hydrogens (primary N) is 1. The predicted octanol–water partition coefficient (Wildman–Crippen LogP) is 2.52. The number of aryl methyl sites for hydroxylation is 1. The minimum absolute atomic E-state index is 0.167. The van der Waals surface area contributed by atoms with E-state index in [0.29, 0.717) is 47.6 Å². The van der Waals surface area contributed by atoms with E-state index in [1.54, 1.807) is 52.8 Å². The zero-order valence-electron chi connectivity index (χ0n) is 20.4. The van der Waals surface area contributed by atoms with Crippen molar-refractivity contribution in [3.05, 3.63) is 76.5 Å². The van der Waals surface area contributed by atoms with Crippen LogP contribution in [0.5, 0.6) is 0 Å². The zero-order chi connectivity index (χ0) is 26.1. The van der Waals surface area contributed by atoms with E-state index in [1.807, 2.05) is 19.1 Å². The number of nitrogens with zero attached hydrogens (tertiary/aromatic N) is 5. The lowest BCUT2D eigenvalue weighted by Gasteiger charge is -2.14. The molecule has 186 valence electrons. The topological polar surface area (TPSA) is 128 Å². The number of anilines is 2. The second-order valence-electron chi connectivity index (χ2n) is 8.85. The minimum atomic E-state index is -0.334. The molecule has 10 heteroatoms. The molecule has 2 amide bonds. The van der Waals surface area contributed by atoms with E-state index in [1.165, 1.54) is 10.9 Å². The first-order valence-corrected chi connectivity index (χ1v) is 11.8. The van der Waals surface area contributed by atoms with Gasteiger partial charge in [0.1, 0.15) is 11.8 Å². The van der Waals surface area contributed by atoms with Crippen molar-refractivity contribution in [3.63, 3.8) is 0 Å². The van der Waals surface area contributed by atoms with Gasteiger partial charge in [0, 0.05) is 24.3 Å². The number of aromatic nitrogens is 4.